The fourth-order valence-corrected chi connectivity index (χ4v) is 4.27. The van der Waals surface area contributed by atoms with E-state index in [0.29, 0.717) is 0 Å². The first-order valence-electron chi connectivity index (χ1n) is 11.3. The number of para-hydroxylation sites is 1. The minimum Gasteiger partial charge on any atom is -0.332 e. The molecule has 3 aromatic rings. The van der Waals surface area contributed by atoms with Crippen molar-refractivity contribution in [3.05, 3.63) is 133 Å². The summed E-state index contributed by atoms with van der Waals surface area (Å²) in [6.07, 6.45) is 18.8. The summed E-state index contributed by atoms with van der Waals surface area (Å²) >= 11 is 0. The quantitative estimate of drug-likeness (QED) is 0.283. The third kappa shape index (κ3) is 5.08. The molecule has 0 saturated carbocycles. The summed E-state index contributed by atoms with van der Waals surface area (Å²) in [7, 11) is 0. The first-order valence-corrected chi connectivity index (χ1v) is 11.3. The number of rotatable bonds is 6. The molecule has 0 radical (unpaired) electrons. The lowest BCUT2D eigenvalue weighted by Gasteiger charge is -2.42. The fraction of sp³-hybridized carbons (Fsp3) is 0.125. The molecular formula is C32H29N. The zero-order valence-electron chi connectivity index (χ0n) is 19.3. The van der Waals surface area contributed by atoms with Gasteiger partial charge < -0.3 is 4.90 Å². The average Bonchev–Trinajstić information content (AvgIpc) is 2.86. The molecule has 1 nitrogen and oxygen atoms in total. The van der Waals surface area contributed by atoms with Crippen LogP contribution in [0.25, 0.3) is 11.1 Å². The minimum atomic E-state index is -0.179. The number of nitrogens with zero attached hydrogens (tertiary/aromatic N) is 1. The molecule has 3 aromatic carbocycles. The standard InChI is InChI=1S/C32H29N/c1-4-5-8-13-26(2)27-18-20-31(21-19-27)33(30-16-11-7-12-17-30)32(3)24-22-29(23-25-32)28-14-9-6-10-15-28/h1,5-24H,25H2,2-3H3/b8-5-,26-13+. The molecule has 1 aliphatic carbocycles. The van der Waals surface area contributed by atoms with Crippen LogP contribution in [0.3, 0.4) is 0 Å². The molecule has 0 aliphatic heterocycles. The summed E-state index contributed by atoms with van der Waals surface area (Å²) in [5, 5.41) is 0. The Morgan fingerprint density at radius 1 is 0.909 bits per heavy atom. The molecule has 0 heterocycles. The van der Waals surface area contributed by atoms with Crippen molar-refractivity contribution in [2.45, 2.75) is 25.8 Å². The van der Waals surface area contributed by atoms with Gasteiger partial charge in [-0.05, 0) is 72.9 Å². The van der Waals surface area contributed by atoms with Gasteiger partial charge in [-0.1, -0.05) is 97.0 Å². The van der Waals surface area contributed by atoms with Gasteiger partial charge in [-0.3, -0.25) is 0 Å². The van der Waals surface area contributed by atoms with Gasteiger partial charge in [0.25, 0.3) is 0 Å². The van der Waals surface area contributed by atoms with Crippen molar-refractivity contribution in [2.75, 3.05) is 4.90 Å². The van der Waals surface area contributed by atoms with E-state index in [4.69, 9.17) is 6.42 Å². The molecule has 0 amide bonds. The fourth-order valence-electron chi connectivity index (χ4n) is 4.27. The Bertz CT molecular complexity index is 1240. The molecule has 33 heavy (non-hydrogen) atoms. The summed E-state index contributed by atoms with van der Waals surface area (Å²) in [6, 6.07) is 30.0. The summed E-state index contributed by atoms with van der Waals surface area (Å²) in [4.78, 5) is 2.43. The highest BCUT2D eigenvalue weighted by molar-refractivity contribution is 5.78. The number of terminal acetylenes is 1. The van der Waals surface area contributed by atoms with E-state index in [2.05, 4.69) is 128 Å². The Hall–Kier alpha value is -4.02. The highest BCUT2D eigenvalue weighted by Crippen LogP contribution is 2.40. The largest absolute Gasteiger partial charge is 0.332 e. The zero-order valence-corrected chi connectivity index (χ0v) is 19.3. The first kappa shape index (κ1) is 22.2. The van der Waals surface area contributed by atoms with Gasteiger partial charge in [-0.25, -0.2) is 0 Å². The lowest BCUT2D eigenvalue weighted by Crippen LogP contribution is -2.42. The normalized spacial score (nSPS) is 18.1. The second kappa shape index (κ2) is 10.1. The van der Waals surface area contributed by atoms with Crippen LogP contribution in [-0.4, -0.2) is 5.54 Å². The molecule has 1 aliphatic rings. The van der Waals surface area contributed by atoms with Gasteiger partial charge in [-0.2, -0.15) is 0 Å². The number of allylic oxidation sites excluding steroid dienone is 6. The van der Waals surface area contributed by atoms with Crippen LogP contribution in [0.2, 0.25) is 0 Å². The Morgan fingerprint density at radius 3 is 2.15 bits per heavy atom. The van der Waals surface area contributed by atoms with Crippen LogP contribution in [0.5, 0.6) is 0 Å². The number of hydrogen-bond donors (Lipinski definition) is 0. The molecule has 162 valence electrons. The smallest absolute Gasteiger partial charge is 0.0643 e. The Kier molecular flexibility index (Phi) is 6.77. The highest BCUT2D eigenvalue weighted by atomic mass is 15.2. The van der Waals surface area contributed by atoms with Crippen LogP contribution in [0.15, 0.2) is 121 Å². The van der Waals surface area contributed by atoms with Crippen LogP contribution >= 0.6 is 0 Å². The van der Waals surface area contributed by atoms with E-state index in [9.17, 15) is 0 Å². The van der Waals surface area contributed by atoms with Gasteiger partial charge in [0.05, 0.1) is 5.54 Å². The van der Waals surface area contributed by atoms with Crippen LogP contribution < -0.4 is 4.90 Å². The van der Waals surface area contributed by atoms with Gasteiger partial charge in [0, 0.05) is 11.4 Å². The third-order valence-electron chi connectivity index (χ3n) is 6.11. The van der Waals surface area contributed by atoms with E-state index in [0.717, 1.165) is 6.42 Å². The van der Waals surface area contributed by atoms with E-state index >= 15 is 0 Å². The molecule has 0 spiro atoms. The number of anilines is 2. The third-order valence-corrected chi connectivity index (χ3v) is 6.11. The molecule has 0 bridgehead atoms. The molecule has 1 unspecified atom stereocenters. The summed E-state index contributed by atoms with van der Waals surface area (Å²) in [5.41, 5.74) is 7.06. The van der Waals surface area contributed by atoms with E-state index in [1.54, 1.807) is 6.08 Å². The summed E-state index contributed by atoms with van der Waals surface area (Å²) < 4.78 is 0. The van der Waals surface area contributed by atoms with E-state index in [1.165, 1.54) is 33.6 Å². The molecule has 1 atom stereocenters. The lowest BCUT2D eigenvalue weighted by atomic mass is 9.85. The highest BCUT2D eigenvalue weighted by Gasteiger charge is 2.32. The predicted molar refractivity (Wildman–Crippen MR) is 143 cm³/mol. The summed E-state index contributed by atoms with van der Waals surface area (Å²) in [6.45, 7) is 4.41. The molecular weight excluding hydrogens is 398 g/mol. The molecule has 0 aromatic heterocycles. The lowest BCUT2D eigenvalue weighted by molar-refractivity contribution is 0.571. The van der Waals surface area contributed by atoms with Crippen LogP contribution in [-0.2, 0) is 0 Å². The summed E-state index contributed by atoms with van der Waals surface area (Å²) in [5.74, 6) is 2.53. The SMILES string of the molecule is C#C/C=C\C=C(/C)c1ccc(N(c2ccccc2)C2(C)C=CC(c3ccccc3)=CC2)cc1. The predicted octanol–water partition coefficient (Wildman–Crippen LogP) is 8.22. The van der Waals surface area contributed by atoms with Crippen molar-refractivity contribution in [1.29, 1.82) is 0 Å². The van der Waals surface area contributed by atoms with Gasteiger partial charge in [-0.15, -0.1) is 6.42 Å². The van der Waals surface area contributed by atoms with Gasteiger partial charge >= 0.3 is 0 Å². The maximum Gasteiger partial charge on any atom is 0.0643 e. The number of benzene rings is 3. The first-order chi connectivity index (χ1) is 16.1. The van der Waals surface area contributed by atoms with Crippen molar-refractivity contribution < 1.29 is 0 Å². The molecule has 4 rings (SSSR count). The van der Waals surface area contributed by atoms with Gasteiger partial charge in [0.15, 0.2) is 0 Å². The van der Waals surface area contributed by atoms with E-state index in [-0.39, 0.29) is 5.54 Å². The van der Waals surface area contributed by atoms with Crippen LogP contribution in [0.1, 0.15) is 31.4 Å². The monoisotopic (exact) mass is 427 g/mol. The Morgan fingerprint density at radius 2 is 1.55 bits per heavy atom. The molecule has 0 fully saturated rings. The topological polar surface area (TPSA) is 3.24 Å². The zero-order chi connectivity index (χ0) is 23.1. The van der Waals surface area contributed by atoms with Crippen molar-refractivity contribution >= 4 is 22.5 Å². The van der Waals surface area contributed by atoms with Crippen molar-refractivity contribution in [3.8, 4) is 12.3 Å². The molecule has 1 heteroatoms. The van der Waals surface area contributed by atoms with Crippen molar-refractivity contribution in [3.63, 3.8) is 0 Å². The Labute approximate surface area is 198 Å². The van der Waals surface area contributed by atoms with Crippen LogP contribution in [0, 0.1) is 12.3 Å². The van der Waals surface area contributed by atoms with Gasteiger partial charge in [0.1, 0.15) is 0 Å². The molecule has 0 saturated heterocycles. The molecule has 0 N–H and O–H groups in total. The Balaban J connectivity index is 1.67. The maximum absolute atomic E-state index is 5.31. The van der Waals surface area contributed by atoms with Gasteiger partial charge in [0.2, 0.25) is 0 Å². The maximum atomic E-state index is 5.31. The minimum absolute atomic E-state index is 0.179. The van der Waals surface area contributed by atoms with E-state index < -0.39 is 0 Å². The van der Waals surface area contributed by atoms with E-state index in [1.807, 2.05) is 12.2 Å². The van der Waals surface area contributed by atoms with Crippen molar-refractivity contribution in [2.24, 2.45) is 0 Å². The number of hydrogen-bond acceptors (Lipinski definition) is 1. The average molecular weight is 428 g/mol. The van der Waals surface area contributed by atoms with Crippen LogP contribution in [0.4, 0.5) is 11.4 Å². The second-order valence-corrected chi connectivity index (χ2v) is 8.51. The second-order valence-electron chi connectivity index (χ2n) is 8.51. The van der Waals surface area contributed by atoms with Crippen molar-refractivity contribution in [1.82, 2.24) is 0 Å².